The third-order valence-corrected chi connectivity index (χ3v) is 3.17. The first-order chi connectivity index (χ1) is 8.04. The molecule has 3 nitrogen and oxygen atoms in total. The number of amides is 1. The number of carbonyl (C=O) groups excluding carboxylic acids is 1. The fourth-order valence-corrected chi connectivity index (χ4v) is 1.96. The molecule has 0 heterocycles. The molecule has 0 bridgehead atoms. The summed E-state index contributed by atoms with van der Waals surface area (Å²) in [5.41, 5.74) is 1.62. The number of halogens is 2. The van der Waals surface area contributed by atoms with Crippen LogP contribution in [0, 0.1) is 6.92 Å². The molecule has 0 radical (unpaired) electrons. The molecule has 1 rings (SSSR count). The van der Waals surface area contributed by atoms with E-state index in [-0.39, 0.29) is 12.5 Å². The van der Waals surface area contributed by atoms with E-state index in [1.54, 1.807) is 6.07 Å². The van der Waals surface area contributed by atoms with Gasteiger partial charge in [-0.05, 0) is 47.0 Å². The SMILES string of the molecule is CCCOCC(=O)Nc1cc(Cl)c(C)cc1Br. The molecule has 0 saturated heterocycles. The Balaban J connectivity index is 2.62. The lowest BCUT2D eigenvalue weighted by Crippen LogP contribution is -2.18. The van der Waals surface area contributed by atoms with Crippen molar-refractivity contribution < 1.29 is 9.53 Å². The summed E-state index contributed by atoms with van der Waals surface area (Å²) in [4.78, 5) is 11.5. The second-order valence-electron chi connectivity index (χ2n) is 3.68. The number of hydrogen-bond acceptors (Lipinski definition) is 2. The quantitative estimate of drug-likeness (QED) is 0.839. The number of rotatable bonds is 5. The van der Waals surface area contributed by atoms with Crippen molar-refractivity contribution in [3.8, 4) is 0 Å². The van der Waals surface area contributed by atoms with Crippen LogP contribution in [-0.2, 0) is 9.53 Å². The highest BCUT2D eigenvalue weighted by Crippen LogP contribution is 2.29. The average Bonchev–Trinajstić information content (AvgIpc) is 2.26. The summed E-state index contributed by atoms with van der Waals surface area (Å²) in [5.74, 6) is -0.181. The molecular weight excluding hydrogens is 305 g/mol. The van der Waals surface area contributed by atoms with Gasteiger partial charge in [-0.3, -0.25) is 4.79 Å². The van der Waals surface area contributed by atoms with E-state index in [0.717, 1.165) is 16.5 Å². The predicted octanol–water partition coefficient (Wildman–Crippen LogP) is 3.78. The van der Waals surface area contributed by atoms with Gasteiger partial charge in [0.1, 0.15) is 6.61 Å². The minimum absolute atomic E-state index is 0.0613. The maximum atomic E-state index is 11.5. The first-order valence-corrected chi connectivity index (χ1v) is 6.55. The third-order valence-electron chi connectivity index (χ3n) is 2.10. The normalized spacial score (nSPS) is 10.4. The molecule has 0 fully saturated rings. The van der Waals surface area contributed by atoms with E-state index in [0.29, 0.717) is 17.3 Å². The van der Waals surface area contributed by atoms with Crippen LogP contribution >= 0.6 is 27.5 Å². The smallest absolute Gasteiger partial charge is 0.250 e. The zero-order valence-corrected chi connectivity index (χ0v) is 12.2. The lowest BCUT2D eigenvalue weighted by molar-refractivity contribution is -0.120. The molecule has 5 heteroatoms. The van der Waals surface area contributed by atoms with E-state index in [1.165, 1.54) is 0 Å². The Bertz CT molecular complexity index is 410. The Morgan fingerprint density at radius 1 is 1.53 bits per heavy atom. The van der Waals surface area contributed by atoms with Gasteiger partial charge in [-0.15, -0.1) is 0 Å². The standard InChI is InChI=1S/C12H15BrClNO2/c1-3-4-17-7-12(16)15-11-6-10(14)8(2)5-9(11)13/h5-6H,3-4,7H2,1-2H3,(H,15,16). The maximum Gasteiger partial charge on any atom is 0.250 e. The van der Waals surface area contributed by atoms with Gasteiger partial charge < -0.3 is 10.1 Å². The average molecular weight is 321 g/mol. The van der Waals surface area contributed by atoms with Crippen LogP contribution in [0.5, 0.6) is 0 Å². The molecule has 0 aliphatic rings. The molecule has 0 spiro atoms. The van der Waals surface area contributed by atoms with E-state index in [4.69, 9.17) is 16.3 Å². The van der Waals surface area contributed by atoms with Crippen LogP contribution in [0.25, 0.3) is 0 Å². The molecule has 0 aromatic heterocycles. The van der Waals surface area contributed by atoms with Gasteiger partial charge in [0.05, 0.1) is 5.69 Å². The summed E-state index contributed by atoms with van der Waals surface area (Å²) in [6, 6.07) is 3.59. The van der Waals surface area contributed by atoms with Gasteiger partial charge in [0.15, 0.2) is 0 Å². The first kappa shape index (κ1) is 14.5. The van der Waals surface area contributed by atoms with Crippen LogP contribution in [-0.4, -0.2) is 19.1 Å². The van der Waals surface area contributed by atoms with Crippen molar-refractivity contribution in [1.82, 2.24) is 0 Å². The molecule has 17 heavy (non-hydrogen) atoms. The Hall–Kier alpha value is -0.580. The number of benzene rings is 1. The van der Waals surface area contributed by atoms with Crippen molar-refractivity contribution in [3.63, 3.8) is 0 Å². The second kappa shape index (κ2) is 6.99. The molecule has 1 aromatic carbocycles. The van der Waals surface area contributed by atoms with Gasteiger partial charge in [-0.25, -0.2) is 0 Å². The number of ether oxygens (including phenoxy) is 1. The predicted molar refractivity (Wildman–Crippen MR) is 73.6 cm³/mol. The fraction of sp³-hybridized carbons (Fsp3) is 0.417. The zero-order chi connectivity index (χ0) is 12.8. The summed E-state index contributed by atoms with van der Waals surface area (Å²) in [6.07, 6.45) is 0.896. The van der Waals surface area contributed by atoms with Gasteiger partial charge in [-0.2, -0.15) is 0 Å². The minimum atomic E-state index is -0.181. The summed E-state index contributed by atoms with van der Waals surface area (Å²) in [5, 5.41) is 3.37. The molecule has 0 aliphatic heterocycles. The molecular formula is C12H15BrClNO2. The second-order valence-corrected chi connectivity index (χ2v) is 4.94. The van der Waals surface area contributed by atoms with Crippen molar-refractivity contribution in [2.24, 2.45) is 0 Å². The van der Waals surface area contributed by atoms with Crippen molar-refractivity contribution in [3.05, 3.63) is 27.2 Å². The number of hydrogen-bond donors (Lipinski definition) is 1. The third kappa shape index (κ3) is 4.66. The van der Waals surface area contributed by atoms with Crippen molar-refractivity contribution in [1.29, 1.82) is 0 Å². The lowest BCUT2D eigenvalue weighted by atomic mass is 10.2. The van der Waals surface area contributed by atoms with Crippen molar-refractivity contribution >= 4 is 39.1 Å². The Morgan fingerprint density at radius 2 is 2.24 bits per heavy atom. The molecule has 1 aromatic rings. The Labute approximate surface area is 115 Å². The largest absolute Gasteiger partial charge is 0.372 e. The highest BCUT2D eigenvalue weighted by Gasteiger charge is 2.08. The molecule has 94 valence electrons. The molecule has 0 atom stereocenters. The van der Waals surface area contributed by atoms with Crippen LogP contribution in [0.4, 0.5) is 5.69 Å². The topological polar surface area (TPSA) is 38.3 Å². The number of carbonyl (C=O) groups is 1. The Morgan fingerprint density at radius 3 is 2.88 bits per heavy atom. The summed E-state index contributed by atoms with van der Waals surface area (Å²) >= 11 is 9.37. The highest BCUT2D eigenvalue weighted by molar-refractivity contribution is 9.10. The summed E-state index contributed by atoms with van der Waals surface area (Å²) < 4.78 is 5.96. The van der Waals surface area contributed by atoms with E-state index in [9.17, 15) is 4.79 Å². The van der Waals surface area contributed by atoms with Gasteiger partial charge >= 0.3 is 0 Å². The highest BCUT2D eigenvalue weighted by atomic mass is 79.9. The fourth-order valence-electron chi connectivity index (χ4n) is 1.24. The lowest BCUT2D eigenvalue weighted by Gasteiger charge is -2.09. The van der Waals surface area contributed by atoms with Crippen LogP contribution in [0.1, 0.15) is 18.9 Å². The van der Waals surface area contributed by atoms with Gasteiger partial charge in [0, 0.05) is 16.1 Å². The monoisotopic (exact) mass is 319 g/mol. The van der Waals surface area contributed by atoms with E-state index < -0.39 is 0 Å². The number of anilines is 1. The molecule has 1 amide bonds. The van der Waals surface area contributed by atoms with Crippen LogP contribution in [0.2, 0.25) is 5.02 Å². The van der Waals surface area contributed by atoms with Gasteiger partial charge in [0.25, 0.3) is 0 Å². The van der Waals surface area contributed by atoms with Crippen molar-refractivity contribution in [2.45, 2.75) is 20.3 Å². The van der Waals surface area contributed by atoms with E-state index >= 15 is 0 Å². The Kier molecular flexibility index (Phi) is 5.95. The number of nitrogens with one attached hydrogen (secondary N) is 1. The van der Waals surface area contributed by atoms with Gasteiger partial charge in [0.2, 0.25) is 5.91 Å². The molecule has 1 N–H and O–H groups in total. The van der Waals surface area contributed by atoms with E-state index in [2.05, 4.69) is 21.2 Å². The molecule has 0 saturated carbocycles. The van der Waals surface area contributed by atoms with Crippen molar-refractivity contribution in [2.75, 3.05) is 18.5 Å². The molecule has 0 aliphatic carbocycles. The van der Waals surface area contributed by atoms with Crippen LogP contribution < -0.4 is 5.32 Å². The molecule has 0 unspecified atom stereocenters. The summed E-state index contributed by atoms with van der Waals surface area (Å²) in [6.45, 7) is 4.55. The van der Waals surface area contributed by atoms with Crippen LogP contribution in [0.3, 0.4) is 0 Å². The van der Waals surface area contributed by atoms with Crippen LogP contribution in [0.15, 0.2) is 16.6 Å². The van der Waals surface area contributed by atoms with E-state index in [1.807, 2.05) is 19.9 Å². The first-order valence-electron chi connectivity index (χ1n) is 5.37. The minimum Gasteiger partial charge on any atom is -0.372 e. The zero-order valence-electron chi connectivity index (χ0n) is 9.85. The summed E-state index contributed by atoms with van der Waals surface area (Å²) in [7, 11) is 0. The number of aryl methyl sites for hydroxylation is 1. The maximum absolute atomic E-state index is 11.5. The van der Waals surface area contributed by atoms with Gasteiger partial charge in [-0.1, -0.05) is 18.5 Å².